The van der Waals surface area contributed by atoms with Gasteiger partial charge < -0.3 is 15.4 Å². The van der Waals surface area contributed by atoms with Crippen molar-refractivity contribution in [3.05, 3.63) is 35.4 Å². The molecule has 0 bridgehead atoms. The molecule has 1 heterocycles. The van der Waals surface area contributed by atoms with Crippen molar-refractivity contribution in [2.24, 2.45) is 0 Å². The minimum absolute atomic E-state index is 0.293. The fourth-order valence-electron chi connectivity index (χ4n) is 2.43. The number of hydrogen-bond acceptors (Lipinski definition) is 3. The quantitative estimate of drug-likeness (QED) is 0.774. The predicted octanol–water partition coefficient (Wildman–Crippen LogP) is 4.31. The van der Waals surface area contributed by atoms with E-state index in [4.69, 9.17) is 10.5 Å². The number of nitrogens with two attached hydrogens (primary N) is 1. The summed E-state index contributed by atoms with van der Waals surface area (Å²) in [7, 11) is 0. The minimum atomic E-state index is -4.49. The fourth-order valence-corrected chi connectivity index (χ4v) is 2.43. The Labute approximate surface area is 139 Å². The standard InChI is InChI=1S/C17H21F3N2O2/c1-16(2,3)24-15(23)22-8-6-11(7-9-22)12-4-5-14(21)13(10-12)17(18,19)20/h4-6,10H,7-9,21H2,1-3H3. The molecule has 0 fully saturated rings. The van der Waals surface area contributed by atoms with Crippen molar-refractivity contribution in [2.75, 3.05) is 18.8 Å². The molecule has 0 spiro atoms. The van der Waals surface area contributed by atoms with Crippen LogP contribution in [0.3, 0.4) is 0 Å². The second-order valence-corrected chi connectivity index (χ2v) is 6.71. The van der Waals surface area contributed by atoms with E-state index >= 15 is 0 Å². The third kappa shape index (κ3) is 4.43. The Kier molecular flexibility index (Phi) is 4.82. The van der Waals surface area contributed by atoms with Gasteiger partial charge in [-0.1, -0.05) is 12.1 Å². The predicted molar refractivity (Wildman–Crippen MR) is 86.3 cm³/mol. The Balaban J connectivity index is 2.15. The highest BCUT2D eigenvalue weighted by molar-refractivity contribution is 5.74. The second kappa shape index (κ2) is 6.37. The van der Waals surface area contributed by atoms with Gasteiger partial charge in [-0.2, -0.15) is 13.2 Å². The number of anilines is 1. The number of carbonyl (C=O) groups is 1. The summed E-state index contributed by atoms with van der Waals surface area (Å²) in [4.78, 5) is 13.5. The number of halogens is 3. The number of amides is 1. The molecule has 0 unspecified atom stereocenters. The second-order valence-electron chi connectivity index (χ2n) is 6.71. The summed E-state index contributed by atoms with van der Waals surface area (Å²) in [5.74, 6) is 0. The smallest absolute Gasteiger partial charge is 0.418 e. The van der Waals surface area contributed by atoms with Crippen molar-refractivity contribution in [1.29, 1.82) is 0 Å². The molecule has 2 rings (SSSR count). The average Bonchev–Trinajstić information content (AvgIpc) is 2.45. The zero-order valence-electron chi connectivity index (χ0n) is 13.9. The highest BCUT2D eigenvalue weighted by atomic mass is 19.4. The van der Waals surface area contributed by atoms with Crippen LogP contribution in [0, 0.1) is 0 Å². The van der Waals surface area contributed by atoms with E-state index in [2.05, 4.69) is 0 Å². The van der Waals surface area contributed by atoms with E-state index in [9.17, 15) is 18.0 Å². The Bertz CT molecular complexity index is 661. The van der Waals surface area contributed by atoms with Gasteiger partial charge in [0.05, 0.1) is 5.56 Å². The van der Waals surface area contributed by atoms with Gasteiger partial charge in [0, 0.05) is 18.8 Å². The first-order chi connectivity index (χ1) is 11.0. The lowest BCUT2D eigenvalue weighted by Crippen LogP contribution is -2.39. The van der Waals surface area contributed by atoms with Crippen LogP contribution in [0.25, 0.3) is 5.57 Å². The van der Waals surface area contributed by atoms with Gasteiger partial charge in [-0.3, -0.25) is 0 Å². The first-order valence-electron chi connectivity index (χ1n) is 7.61. The highest BCUT2D eigenvalue weighted by Crippen LogP contribution is 2.36. The van der Waals surface area contributed by atoms with Crippen LogP contribution in [-0.2, 0) is 10.9 Å². The number of nitrogens with zero attached hydrogens (tertiary/aromatic N) is 1. The molecule has 0 aromatic heterocycles. The Hall–Kier alpha value is -2.18. The molecule has 1 aliphatic rings. The summed E-state index contributed by atoms with van der Waals surface area (Å²) in [6.45, 7) is 6.04. The van der Waals surface area contributed by atoms with Crippen molar-refractivity contribution in [3.63, 3.8) is 0 Å². The molecule has 0 atom stereocenters. The van der Waals surface area contributed by atoms with Gasteiger partial charge >= 0.3 is 12.3 Å². The van der Waals surface area contributed by atoms with Crippen LogP contribution in [0.2, 0.25) is 0 Å². The van der Waals surface area contributed by atoms with Crippen LogP contribution in [0.15, 0.2) is 24.3 Å². The molecule has 2 N–H and O–H groups in total. The summed E-state index contributed by atoms with van der Waals surface area (Å²) in [5, 5.41) is 0. The normalized spacial score (nSPS) is 15.9. The van der Waals surface area contributed by atoms with Gasteiger partial charge in [0.1, 0.15) is 5.60 Å². The molecule has 1 aliphatic heterocycles. The summed E-state index contributed by atoms with van der Waals surface area (Å²) in [5.41, 5.74) is 4.94. The first kappa shape index (κ1) is 18.2. The van der Waals surface area contributed by atoms with Crippen LogP contribution in [0.1, 0.15) is 38.3 Å². The molecular formula is C17H21F3N2O2. The molecule has 132 valence electrons. The van der Waals surface area contributed by atoms with Crippen molar-refractivity contribution in [2.45, 2.75) is 39.0 Å². The van der Waals surface area contributed by atoms with Gasteiger partial charge in [-0.15, -0.1) is 0 Å². The molecule has 1 aromatic carbocycles. The number of hydrogen-bond donors (Lipinski definition) is 1. The number of ether oxygens (including phenoxy) is 1. The Morgan fingerprint density at radius 1 is 1.25 bits per heavy atom. The van der Waals surface area contributed by atoms with Crippen LogP contribution in [-0.4, -0.2) is 29.7 Å². The van der Waals surface area contributed by atoms with E-state index in [1.54, 1.807) is 32.9 Å². The Morgan fingerprint density at radius 3 is 2.42 bits per heavy atom. The van der Waals surface area contributed by atoms with Gasteiger partial charge in [0.15, 0.2) is 0 Å². The molecular weight excluding hydrogens is 321 g/mol. The molecule has 24 heavy (non-hydrogen) atoms. The van der Waals surface area contributed by atoms with E-state index in [-0.39, 0.29) is 5.69 Å². The molecule has 7 heteroatoms. The highest BCUT2D eigenvalue weighted by Gasteiger charge is 2.33. The van der Waals surface area contributed by atoms with Gasteiger partial charge in [-0.05, 0) is 50.5 Å². The lowest BCUT2D eigenvalue weighted by atomic mass is 9.97. The van der Waals surface area contributed by atoms with Crippen LogP contribution < -0.4 is 5.73 Å². The molecule has 0 radical (unpaired) electrons. The van der Waals surface area contributed by atoms with E-state index < -0.39 is 23.4 Å². The molecule has 0 saturated carbocycles. The third-order valence-electron chi connectivity index (χ3n) is 3.59. The van der Waals surface area contributed by atoms with Crippen molar-refractivity contribution in [1.82, 2.24) is 4.90 Å². The maximum absolute atomic E-state index is 13.0. The minimum Gasteiger partial charge on any atom is -0.444 e. The first-order valence-corrected chi connectivity index (χ1v) is 7.61. The fraction of sp³-hybridized carbons (Fsp3) is 0.471. The van der Waals surface area contributed by atoms with Crippen molar-refractivity contribution >= 4 is 17.4 Å². The van der Waals surface area contributed by atoms with Crippen LogP contribution in [0.4, 0.5) is 23.7 Å². The van der Waals surface area contributed by atoms with Crippen LogP contribution in [0.5, 0.6) is 0 Å². The number of carbonyl (C=O) groups excluding carboxylic acids is 1. The molecule has 1 aromatic rings. The van der Waals surface area contributed by atoms with Gasteiger partial charge in [0.25, 0.3) is 0 Å². The molecule has 1 amide bonds. The molecule has 0 aliphatic carbocycles. The average molecular weight is 342 g/mol. The Morgan fingerprint density at radius 2 is 1.92 bits per heavy atom. The van der Waals surface area contributed by atoms with Crippen LogP contribution >= 0.6 is 0 Å². The summed E-state index contributed by atoms with van der Waals surface area (Å²) in [6, 6.07) is 3.89. The topological polar surface area (TPSA) is 55.6 Å². The van der Waals surface area contributed by atoms with E-state index in [1.165, 1.54) is 11.0 Å². The maximum Gasteiger partial charge on any atom is 0.418 e. The van der Waals surface area contributed by atoms with E-state index in [1.807, 2.05) is 0 Å². The number of alkyl halides is 3. The third-order valence-corrected chi connectivity index (χ3v) is 3.59. The zero-order valence-corrected chi connectivity index (χ0v) is 13.9. The number of rotatable bonds is 1. The monoisotopic (exact) mass is 342 g/mol. The molecule has 4 nitrogen and oxygen atoms in total. The van der Waals surface area contributed by atoms with Crippen molar-refractivity contribution in [3.8, 4) is 0 Å². The number of benzene rings is 1. The zero-order chi connectivity index (χ0) is 18.1. The largest absolute Gasteiger partial charge is 0.444 e. The van der Waals surface area contributed by atoms with E-state index in [0.717, 1.165) is 11.6 Å². The van der Waals surface area contributed by atoms with Gasteiger partial charge in [-0.25, -0.2) is 4.79 Å². The summed E-state index contributed by atoms with van der Waals surface area (Å²) < 4.78 is 44.1. The van der Waals surface area contributed by atoms with E-state index in [0.29, 0.717) is 25.1 Å². The lowest BCUT2D eigenvalue weighted by molar-refractivity contribution is -0.136. The van der Waals surface area contributed by atoms with Crippen molar-refractivity contribution < 1.29 is 22.7 Å². The maximum atomic E-state index is 13.0. The summed E-state index contributed by atoms with van der Waals surface area (Å²) >= 11 is 0. The molecule has 0 saturated heterocycles. The summed E-state index contributed by atoms with van der Waals surface area (Å²) in [6.07, 6.45) is -2.71. The number of nitrogen functional groups attached to an aromatic ring is 1. The van der Waals surface area contributed by atoms with Gasteiger partial charge in [0.2, 0.25) is 0 Å². The lowest BCUT2D eigenvalue weighted by Gasteiger charge is -2.29. The SMILES string of the molecule is CC(C)(C)OC(=O)N1CC=C(c2ccc(N)c(C(F)(F)F)c2)CC1.